The van der Waals surface area contributed by atoms with Crippen LogP contribution >= 0.6 is 0 Å². The van der Waals surface area contributed by atoms with Crippen LogP contribution in [0.25, 0.3) is 21.8 Å². The highest BCUT2D eigenvalue weighted by Gasteiger charge is 2.29. The Morgan fingerprint density at radius 3 is 1.62 bits per heavy atom. The van der Waals surface area contributed by atoms with E-state index in [9.17, 15) is 14.7 Å². The first-order chi connectivity index (χ1) is 29.1. The maximum absolute atomic E-state index is 13.0. The van der Waals surface area contributed by atoms with E-state index < -0.39 is 11.6 Å². The predicted octanol–water partition coefficient (Wildman–Crippen LogP) is 9.74. The number of esters is 1. The molecule has 2 saturated carbocycles. The van der Waals surface area contributed by atoms with Crippen molar-refractivity contribution in [2.24, 2.45) is 11.8 Å². The van der Waals surface area contributed by atoms with Crippen molar-refractivity contribution >= 4 is 33.7 Å². The number of fused-ring (bicyclic) bond motifs is 2. The van der Waals surface area contributed by atoms with Gasteiger partial charge in [0.05, 0.1) is 35.7 Å². The topological polar surface area (TPSA) is 118 Å². The molecule has 2 atom stereocenters. The van der Waals surface area contributed by atoms with Crippen molar-refractivity contribution in [3.05, 3.63) is 130 Å². The number of rotatable bonds is 12. The normalized spacial score (nSPS) is 19.1. The van der Waals surface area contributed by atoms with Gasteiger partial charge in [-0.15, -0.1) is 0 Å². The zero-order chi connectivity index (χ0) is 41.4. The standard InChI is InChI=1S/C27H32N2O3.C23H24N2O3/c1-27(2,3)32-26(30)23-13-21(19-7-8-19)15-28-24(23)14-20-5-4-6-25-22(20)9-11-29(25)16-18-10-12-31-17-18;26-23(27)20-10-18(16-4-5-16)12-24-21(20)11-17-2-1-3-22-19(17)6-8-25(22)13-15-7-9-28-14-15/h4-6,9,11,13,15,18-19H,7-8,10,12,14,16-17H2,1-3H3;1-3,6,8,10,12,15-16H,4-5,7,9,11,13-14H2,(H,26,27). The molecule has 2 aliphatic carbocycles. The first-order valence-corrected chi connectivity index (χ1v) is 21.8. The number of carbonyl (C=O) groups is 2. The lowest BCUT2D eigenvalue weighted by molar-refractivity contribution is 0.00675. The number of aromatic nitrogens is 4. The summed E-state index contributed by atoms with van der Waals surface area (Å²) in [4.78, 5) is 34.2. The maximum Gasteiger partial charge on any atom is 0.340 e. The maximum atomic E-state index is 13.0. The van der Waals surface area contributed by atoms with Crippen LogP contribution in [-0.2, 0) is 40.1 Å². The average molecular weight is 809 g/mol. The fraction of sp³-hybridized carbons (Fsp3) is 0.440. The molecule has 0 spiro atoms. The van der Waals surface area contributed by atoms with Gasteiger partial charge >= 0.3 is 11.9 Å². The van der Waals surface area contributed by atoms with Crippen molar-refractivity contribution in [1.29, 1.82) is 0 Å². The Morgan fingerprint density at radius 1 is 0.700 bits per heavy atom. The third kappa shape index (κ3) is 9.20. The Bertz CT molecular complexity index is 2510. The molecular formula is C50H56N4O6. The van der Waals surface area contributed by atoms with Gasteiger partial charge in [-0.3, -0.25) is 9.97 Å². The highest BCUT2D eigenvalue weighted by Crippen LogP contribution is 2.41. The second kappa shape index (κ2) is 17.0. The molecular weight excluding hydrogens is 753 g/mol. The van der Waals surface area contributed by atoms with Gasteiger partial charge in [-0.2, -0.15) is 0 Å². The fourth-order valence-electron chi connectivity index (χ4n) is 8.85. The number of carboxylic acids is 1. The van der Waals surface area contributed by atoms with Crippen molar-refractivity contribution < 1.29 is 28.9 Å². The molecule has 0 radical (unpaired) electrons. The molecule has 2 aromatic carbocycles. The Balaban J connectivity index is 0.000000155. The minimum absolute atomic E-state index is 0.284. The summed E-state index contributed by atoms with van der Waals surface area (Å²) in [5.41, 5.74) is 8.75. The summed E-state index contributed by atoms with van der Waals surface area (Å²) < 4.78 is 21.4. The number of carboxylic acid groups (broad SMARTS) is 1. The number of aromatic carboxylic acids is 1. The molecule has 60 heavy (non-hydrogen) atoms. The summed E-state index contributed by atoms with van der Waals surface area (Å²) in [5, 5.41) is 12.1. The van der Waals surface area contributed by atoms with Gasteiger partial charge in [-0.1, -0.05) is 24.3 Å². The van der Waals surface area contributed by atoms with Crippen LogP contribution in [-0.4, -0.2) is 68.2 Å². The average Bonchev–Trinajstić information content (AvgIpc) is 4.03. The molecule has 0 bridgehead atoms. The predicted molar refractivity (Wildman–Crippen MR) is 232 cm³/mol. The third-order valence-electron chi connectivity index (χ3n) is 12.4. The number of benzene rings is 2. The Labute approximate surface area is 351 Å². The summed E-state index contributed by atoms with van der Waals surface area (Å²) in [6, 6.07) is 20.8. The third-order valence-corrected chi connectivity index (χ3v) is 12.4. The van der Waals surface area contributed by atoms with Crippen molar-refractivity contribution in [2.75, 3.05) is 26.4 Å². The van der Waals surface area contributed by atoms with Gasteiger partial charge in [-0.25, -0.2) is 9.59 Å². The molecule has 6 heterocycles. The van der Waals surface area contributed by atoms with Crippen LogP contribution in [0, 0.1) is 11.8 Å². The van der Waals surface area contributed by atoms with E-state index >= 15 is 0 Å². The molecule has 10 rings (SSSR count). The molecule has 4 aromatic heterocycles. The molecule has 2 aliphatic heterocycles. The second-order valence-electron chi connectivity index (χ2n) is 18.3. The van der Waals surface area contributed by atoms with E-state index in [0.717, 1.165) is 87.6 Å². The van der Waals surface area contributed by atoms with Crippen LogP contribution in [0.3, 0.4) is 0 Å². The van der Waals surface area contributed by atoms with Crippen molar-refractivity contribution in [1.82, 2.24) is 19.1 Å². The zero-order valence-electron chi connectivity index (χ0n) is 35.1. The molecule has 1 N–H and O–H groups in total. The fourth-order valence-corrected chi connectivity index (χ4v) is 8.85. The molecule has 312 valence electrons. The minimum Gasteiger partial charge on any atom is -0.478 e. The number of pyridine rings is 2. The van der Waals surface area contributed by atoms with Crippen molar-refractivity contribution in [3.63, 3.8) is 0 Å². The van der Waals surface area contributed by atoms with Crippen molar-refractivity contribution in [3.8, 4) is 0 Å². The van der Waals surface area contributed by atoms with Gasteiger partial charge in [0.2, 0.25) is 0 Å². The summed E-state index contributed by atoms with van der Waals surface area (Å²) in [6.45, 7) is 11.0. The molecule has 2 unspecified atom stereocenters. The number of carbonyl (C=O) groups excluding carboxylic acids is 1. The Hall–Kier alpha value is -5.32. The Kier molecular flexibility index (Phi) is 11.3. The summed E-state index contributed by atoms with van der Waals surface area (Å²) in [7, 11) is 0. The molecule has 4 aliphatic rings. The highest BCUT2D eigenvalue weighted by atomic mass is 16.6. The van der Waals surface area contributed by atoms with Crippen LogP contribution < -0.4 is 0 Å². The minimum atomic E-state index is -0.893. The summed E-state index contributed by atoms with van der Waals surface area (Å²) in [6.07, 6.45) is 16.1. The van der Waals surface area contributed by atoms with Gasteiger partial charge in [0.25, 0.3) is 0 Å². The van der Waals surface area contributed by atoms with Gasteiger partial charge in [0.15, 0.2) is 0 Å². The zero-order valence-corrected chi connectivity index (χ0v) is 35.1. The van der Waals surface area contributed by atoms with E-state index in [1.165, 1.54) is 40.2 Å². The highest BCUT2D eigenvalue weighted by molar-refractivity contribution is 5.92. The number of ether oxygens (including phenoxy) is 3. The van der Waals surface area contributed by atoms with E-state index in [4.69, 9.17) is 19.2 Å². The van der Waals surface area contributed by atoms with Crippen LogP contribution in [0.4, 0.5) is 0 Å². The first-order valence-electron chi connectivity index (χ1n) is 21.8. The number of hydrogen-bond acceptors (Lipinski definition) is 7. The lowest BCUT2D eigenvalue weighted by Crippen LogP contribution is -2.25. The SMILES string of the molecule is CC(C)(C)OC(=O)c1cc(C2CC2)cnc1Cc1cccc2c1ccn2CC1CCOC1.O=C(O)c1cc(C2CC2)cnc1Cc1cccc2c1ccn2CC1CCOC1. The second-order valence-corrected chi connectivity index (χ2v) is 18.3. The van der Waals surface area contributed by atoms with E-state index in [2.05, 4.69) is 75.0 Å². The van der Waals surface area contributed by atoms with Crippen LogP contribution in [0.1, 0.15) is 125 Å². The van der Waals surface area contributed by atoms with Crippen LogP contribution in [0.2, 0.25) is 0 Å². The number of hydrogen-bond donors (Lipinski definition) is 1. The first kappa shape index (κ1) is 40.1. The van der Waals surface area contributed by atoms with E-state index in [1.807, 2.05) is 45.3 Å². The van der Waals surface area contributed by atoms with Crippen LogP contribution in [0.15, 0.2) is 85.5 Å². The molecule has 10 heteroatoms. The molecule has 10 nitrogen and oxygen atoms in total. The molecule has 4 fully saturated rings. The summed E-state index contributed by atoms with van der Waals surface area (Å²) in [5.74, 6) is 0.995. The van der Waals surface area contributed by atoms with Crippen LogP contribution in [0.5, 0.6) is 0 Å². The molecule has 0 amide bonds. The van der Waals surface area contributed by atoms with E-state index in [0.29, 0.717) is 53.3 Å². The number of nitrogens with zero attached hydrogens (tertiary/aromatic N) is 4. The lowest BCUT2D eigenvalue weighted by atomic mass is 10.00. The smallest absolute Gasteiger partial charge is 0.340 e. The van der Waals surface area contributed by atoms with Crippen molar-refractivity contribution in [2.45, 2.75) is 103 Å². The summed E-state index contributed by atoms with van der Waals surface area (Å²) >= 11 is 0. The monoisotopic (exact) mass is 808 g/mol. The molecule has 2 saturated heterocycles. The van der Waals surface area contributed by atoms with Gasteiger partial charge in [0, 0.05) is 97.6 Å². The van der Waals surface area contributed by atoms with Gasteiger partial charge in [0.1, 0.15) is 5.60 Å². The largest absolute Gasteiger partial charge is 0.478 e. The van der Waals surface area contributed by atoms with Gasteiger partial charge in [-0.05, 0) is 130 Å². The quantitative estimate of drug-likeness (QED) is 0.122. The van der Waals surface area contributed by atoms with E-state index in [-0.39, 0.29) is 5.97 Å². The lowest BCUT2D eigenvalue weighted by Gasteiger charge is -2.21. The van der Waals surface area contributed by atoms with Gasteiger partial charge < -0.3 is 28.5 Å². The molecule has 6 aromatic rings. The Morgan fingerprint density at radius 2 is 1.18 bits per heavy atom. The van der Waals surface area contributed by atoms with E-state index in [1.54, 1.807) is 0 Å².